The molecule has 12 heavy (non-hydrogen) atoms. The zero-order valence-corrected chi connectivity index (χ0v) is 7.56. The second-order valence-electron chi connectivity index (χ2n) is 2.13. The Bertz CT molecular complexity index is 174. The summed E-state index contributed by atoms with van der Waals surface area (Å²) >= 11 is 1.20. The van der Waals surface area contributed by atoms with E-state index in [0.29, 0.717) is 0 Å². The van der Waals surface area contributed by atoms with Crippen LogP contribution in [0.3, 0.4) is 0 Å². The van der Waals surface area contributed by atoms with Gasteiger partial charge in [-0.3, -0.25) is 9.59 Å². The van der Waals surface area contributed by atoms with E-state index in [2.05, 4.69) is 5.32 Å². The molecule has 0 aromatic carbocycles. The molecule has 0 saturated carbocycles. The number of amides is 1. The van der Waals surface area contributed by atoms with E-state index in [1.165, 1.54) is 18.8 Å². The van der Waals surface area contributed by atoms with Gasteiger partial charge in [0.1, 0.15) is 6.04 Å². The van der Waals surface area contributed by atoms with Crippen LogP contribution < -0.4 is 11.1 Å². The van der Waals surface area contributed by atoms with Crippen molar-refractivity contribution >= 4 is 23.6 Å². The third kappa shape index (κ3) is 4.97. The number of hydrogen-bond donors (Lipinski definition) is 3. The van der Waals surface area contributed by atoms with Crippen LogP contribution in [0.15, 0.2) is 0 Å². The second kappa shape index (κ2) is 5.84. The van der Waals surface area contributed by atoms with E-state index in [4.69, 9.17) is 10.8 Å². The smallest absolute Gasteiger partial charge is 0.321 e. The van der Waals surface area contributed by atoms with E-state index in [-0.39, 0.29) is 17.4 Å². The SMILES string of the molecule is CNC(=O)CSCC(N)C(=O)O. The molecule has 1 atom stereocenters. The molecule has 70 valence electrons. The third-order valence-electron chi connectivity index (χ3n) is 1.13. The first-order chi connectivity index (χ1) is 5.57. The highest BCUT2D eigenvalue weighted by Crippen LogP contribution is 2.00. The van der Waals surface area contributed by atoms with Gasteiger partial charge in [0.15, 0.2) is 0 Å². The number of nitrogens with one attached hydrogen (secondary N) is 1. The second-order valence-corrected chi connectivity index (χ2v) is 3.16. The van der Waals surface area contributed by atoms with E-state index < -0.39 is 12.0 Å². The van der Waals surface area contributed by atoms with Gasteiger partial charge >= 0.3 is 5.97 Å². The first-order valence-corrected chi connectivity index (χ1v) is 4.50. The van der Waals surface area contributed by atoms with Crippen molar-refractivity contribution in [3.05, 3.63) is 0 Å². The van der Waals surface area contributed by atoms with Crippen LogP contribution in [0.25, 0.3) is 0 Å². The van der Waals surface area contributed by atoms with E-state index in [9.17, 15) is 9.59 Å². The Morgan fingerprint density at radius 2 is 2.25 bits per heavy atom. The van der Waals surface area contributed by atoms with Crippen LogP contribution in [-0.2, 0) is 9.59 Å². The van der Waals surface area contributed by atoms with Crippen LogP contribution in [0.5, 0.6) is 0 Å². The minimum atomic E-state index is -1.04. The molecule has 1 unspecified atom stereocenters. The highest BCUT2D eigenvalue weighted by Gasteiger charge is 2.11. The highest BCUT2D eigenvalue weighted by molar-refractivity contribution is 8.00. The van der Waals surface area contributed by atoms with Gasteiger partial charge in [-0.25, -0.2) is 0 Å². The van der Waals surface area contributed by atoms with Gasteiger partial charge in [-0.1, -0.05) is 0 Å². The van der Waals surface area contributed by atoms with Crippen LogP contribution >= 0.6 is 11.8 Å². The summed E-state index contributed by atoms with van der Waals surface area (Å²) in [6.07, 6.45) is 0. The summed E-state index contributed by atoms with van der Waals surface area (Å²) in [4.78, 5) is 20.8. The van der Waals surface area contributed by atoms with Gasteiger partial charge in [-0.15, -0.1) is 11.8 Å². The first-order valence-electron chi connectivity index (χ1n) is 3.34. The normalized spacial score (nSPS) is 12.2. The average Bonchev–Trinajstić information content (AvgIpc) is 2.03. The summed E-state index contributed by atoms with van der Waals surface area (Å²) in [5.41, 5.74) is 5.19. The number of thioether (sulfide) groups is 1. The molecule has 0 radical (unpaired) electrons. The van der Waals surface area contributed by atoms with E-state index >= 15 is 0 Å². The number of hydrogen-bond acceptors (Lipinski definition) is 4. The number of carbonyl (C=O) groups is 2. The summed E-state index contributed by atoms with van der Waals surface area (Å²) in [5, 5.41) is 10.8. The standard InChI is InChI=1S/C6H12N2O3S/c1-8-5(9)3-12-2-4(7)6(10)11/h4H,2-3,7H2,1H3,(H,8,9)(H,10,11). The molecular formula is C6H12N2O3S. The molecule has 0 aromatic heterocycles. The maximum atomic E-state index is 10.6. The maximum absolute atomic E-state index is 10.6. The Balaban J connectivity index is 3.43. The quantitative estimate of drug-likeness (QED) is 0.513. The van der Waals surface area contributed by atoms with Crippen molar-refractivity contribution in [2.75, 3.05) is 18.6 Å². The zero-order valence-electron chi connectivity index (χ0n) is 6.74. The Kier molecular flexibility index (Phi) is 5.48. The zero-order chi connectivity index (χ0) is 9.56. The van der Waals surface area contributed by atoms with Crippen molar-refractivity contribution in [3.63, 3.8) is 0 Å². The van der Waals surface area contributed by atoms with Crippen LogP contribution in [0.4, 0.5) is 0 Å². The lowest BCUT2D eigenvalue weighted by atomic mass is 10.4. The third-order valence-corrected chi connectivity index (χ3v) is 2.19. The maximum Gasteiger partial charge on any atom is 0.321 e. The molecule has 0 spiro atoms. The molecule has 6 heteroatoms. The largest absolute Gasteiger partial charge is 0.480 e. The van der Waals surface area contributed by atoms with Crippen molar-refractivity contribution in [2.45, 2.75) is 6.04 Å². The lowest BCUT2D eigenvalue weighted by molar-refractivity contribution is -0.137. The number of rotatable bonds is 5. The lowest BCUT2D eigenvalue weighted by Crippen LogP contribution is -2.33. The molecule has 0 bridgehead atoms. The minimum absolute atomic E-state index is 0.127. The molecule has 1 amide bonds. The molecule has 0 aliphatic heterocycles. The van der Waals surface area contributed by atoms with Crippen molar-refractivity contribution in [3.8, 4) is 0 Å². The Labute approximate surface area is 74.7 Å². The monoisotopic (exact) mass is 192 g/mol. The average molecular weight is 192 g/mol. The first kappa shape index (κ1) is 11.2. The number of carboxylic acid groups (broad SMARTS) is 1. The predicted octanol–water partition coefficient (Wildman–Crippen LogP) is -1.12. The fraction of sp³-hybridized carbons (Fsp3) is 0.667. The number of nitrogens with two attached hydrogens (primary N) is 1. The molecule has 0 aliphatic carbocycles. The van der Waals surface area contributed by atoms with Crippen LogP contribution in [0.2, 0.25) is 0 Å². The van der Waals surface area contributed by atoms with Gasteiger partial charge in [-0.05, 0) is 0 Å². The number of carbonyl (C=O) groups excluding carboxylic acids is 1. The summed E-state index contributed by atoms with van der Waals surface area (Å²) in [6.45, 7) is 0. The predicted molar refractivity (Wildman–Crippen MR) is 47.0 cm³/mol. The molecular weight excluding hydrogens is 180 g/mol. The molecule has 0 fully saturated rings. The van der Waals surface area contributed by atoms with Crippen LogP contribution in [0.1, 0.15) is 0 Å². The summed E-state index contributed by atoms with van der Waals surface area (Å²) in [6, 6.07) is -0.889. The van der Waals surface area contributed by atoms with E-state index in [1.807, 2.05) is 0 Å². The number of carboxylic acids is 1. The molecule has 0 heterocycles. The van der Waals surface area contributed by atoms with Crippen molar-refractivity contribution in [2.24, 2.45) is 5.73 Å². The number of aliphatic carboxylic acids is 1. The molecule has 5 nitrogen and oxygen atoms in total. The topological polar surface area (TPSA) is 92.4 Å². The van der Waals surface area contributed by atoms with Crippen LogP contribution in [0, 0.1) is 0 Å². The summed E-state index contributed by atoms with van der Waals surface area (Å²) in [7, 11) is 1.53. The van der Waals surface area contributed by atoms with Gasteiger partial charge < -0.3 is 16.2 Å². The summed E-state index contributed by atoms with van der Waals surface area (Å²) in [5.74, 6) is -0.669. The Hall–Kier alpha value is -0.750. The van der Waals surface area contributed by atoms with Crippen molar-refractivity contribution in [1.29, 1.82) is 0 Å². The fourth-order valence-electron chi connectivity index (χ4n) is 0.422. The molecule has 0 saturated heterocycles. The van der Waals surface area contributed by atoms with Gasteiger partial charge in [0.05, 0.1) is 5.75 Å². The minimum Gasteiger partial charge on any atom is -0.480 e. The van der Waals surface area contributed by atoms with Crippen molar-refractivity contribution < 1.29 is 14.7 Å². The molecule has 0 aliphatic rings. The van der Waals surface area contributed by atoms with Gasteiger partial charge in [0.25, 0.3) is 0 Å². The van der Waals surface area contributed by atoms with E-state index in [0.717, 1.165) is 0 Å². The van der Waals surface area contributed by atoms with Crippen molar-refractivity contribution in [1.82, 2.24) is 5.32 Å². The Morgan fingerprint density at radius 3 is 2.67 bits per heavy atom. The Morgan fingerprint density at radius 1 is 1.67 bits per heavy atom. The lowest BCUT2D eigenvalue weighted by Gasteiger charge is -2.04. The van der Waals surface area contributed by atoms with Crippen LogP contribution in [-0.4, -0.2) is 41.6 Å². The highest BCUT2D eigenvalue weighted by atomic mass is 32.2. The van der Waals surface area contributed by atoms with Gasteiger partial charge in [0, 0.05) is 12.8 Å². The van der Waals surface area contributed by atoms with E-state index in [1.54, 1.807) is 0 Å². The summed E-state index contributed by atoms with van der Waals surface area (Å²) < 4.78 is 0. The van der Waals surface area contributed by atoms with Gasteiger partial charge in [-0.2, -0.15) is 0 Å². The van der Waals surface area contributed by atoms with Gasteiger partial charge in [0.2, 0.25) is 5.91 Å². The molecule has 0 aromatic rings. The molecule has 4 N–H and O–H groups in total. The molecule has 0 rings (SSSR count). The fourth-order valence-corrected chi connectivity index (χ4v) is 1.27.